The summed E-state index contributed by atoms with van der Waals surface area (Å²) >= 11 is 0. The number of aryl methyl sites for hydroxylation is 1. The highest BCUT2D eigenvalue weighted by atomic mass is 16.3. The van der Waals surface area contributed by atoms with Crippen molar-refractivity contribution in [3.8, 4) is 5.75 Å². The van der Waals surface area contributed by atoms with E-state index in [2.05, 4.69) is 28.5 Å². The van der Waals surface area contributed by atoms with Crippen LogP contribution in [0.5, 0.6) is 5.75 Å². The van der Waals surface area contributed by atoms with Crippen LogP contribution in [0.2, 0.25) is 0 Å². The minimum absolute atomic E-state index is 0. The molecule has 0 bridgehead atoms. The number of hydrazine groups is 1. The van der Waals surface area contributed by atoms with Crippen LogP contribution in [-0.4, -0.2) is 85.3 Å². The number of hydrogen-bond donors (Lipinski definition) is 4. The second-order valence-corrected chi connectivity index (χ2v) is 12.5. The fourth-order valence-corrected chi connectivity index (χ4v) is 6.54. The summed E-state index contributed by atoms with van der Waals surface area (Å²) in [6, 6.07) is 28.8. The zero-order chi connectivity index (χ0) is 35.2. The number of para-hydroxylation sites is 1. The lowest BCUT2D eigenvalue weighted by Crippen LogP contribution is -2.76. The maximum absolute atomic E-state index is 14.1. The van der Waals surface area contributed by atoms with Crippen molar-refractivity contribution < 1.29 is 19.5 Å². The molecule has 12 heteroatoms. The molecule has 2 aliphatic heterocycles. The molecule has 5 aromatic rings. The van der Waals surface area contributed by atoms with Gasteiger partial charge in [-0.1, -0.05) is 87.1 Å². The van der Waals surface area contributed by atoms with Crippen LogP contribution < -0.4 is 11.1 Å². The van der Waals surface area contributed by atoms with Crippen molar-refractivity contribution in [3.63, 3.8) is 0 Å². The maximum atomic E-state index is 14.1. The molecule has 2 aliphatic rings. The zero-order valence-corrected chi connectivity index (χ0v) is 28.2. The van der Waals surface area contributed by atoms with Crippen LogP contribution in [0.3, 0.4) is 0 Å². The van der Waals surface area contributed by atoms with Crippen LogP contribution in [0.25, 0.3) is 10.9 Å². The largest absolute Gasteiger partial charge is 0.508 e. The van der Waals surface area contributed by atoms with Gasteiger partial charge < -0.3 is 26.0 Å². The van der Waals surface area contributed by atoms with E-state index in [1.165, 1.54) is 5.56 Å². The number of phenols is 1. The van der Waals surface area contributed by atoms with Crippen LogP contribution in [0.4, 0.5) is 10.5 Å². The number of hydrogen-bond acceptors (Lipinski definition) is 7. The number of nitrogens with one attached hydrogen (secondary N) is 2. The van der Waals surface area contributed by atoms with Crippen molar-refractivity contribution in [1.29, 1.82) is 0 Å². The van der Waals surface area contributed by atoms with E-state index in [9.17, 15) is 19.5 Å². The number of piperazine rings is 1. The zero-order valence-electron chi connectivity index (χ0n) is 28.2. The summed E-state index contributed by atoms with van der Waals surface area (Å²) in [6.45, 7) is 2.83. The molecule has 0 aliphatic carbocycles. The molecule has 0 radical (unpaired) electrons. The number of fused-ring (bicyclic) bond motifs is 2. The average Bonchev–Trinajstić information content (AvgIpc) is 3.61. The minimum atomic E-state index is -0.829. The number of benzene rings is 4. The smallest absolute Gasteiger partial charge is 0.334 e. The first-order valence-electron chi connectivity index (χ1n) is 16.7. The SMILES string of the molecule is C.CCc1cccc(N)c1.CN1CC(=O)N2[C@@H](Cc3ccc(O)cc3)C(=O)N(Cc3cccc4cn[nH]c34)C[C@@H]2N1C(=O)NCc1ccccc1. The normalized spacial score (nSPS) is 17.3. The maximum Gasteiger partial charge on any atom is 0.334 e. The van der Waals surface area contributed by atoms with Crippen molar-refractivity contribution in [2.24, 2.45) is 0 Å². The fourth-order valence-electron chi connectivity index (χ4n) is 6.54. The molecule has 1 aromatic heterocycles. The van der Waals surface area contributed by atoms with Crippen LogP contribution in [-0.2, 0) is 35.5 Å². The number of phenolic OH excluding ortho intramolecular Hbond substituents is 1. The molecule has 12 nitrogen and oxygen atoms in total. The van der Waals surface area contributed by atoms with Crippen LogP contribution in [0.1, 0.15) is 36.6 Å². The molecule has 4 aromatic carbocycles. The van der Waals surface area contributed by atoms with Crippen molar-refractivity contribution in [2.75, 3.05) is 25.9 Å². The number of rotatable bonds is 7. The molecule has 266 valence electrons. The number of nitrogen functional groups attached to an aromatic ring is 1. The Balaban J connectivity index is 0.000000441. The summed E-state index contributed by atoms with van der Waals surface area (Å²) in [6.07, 6.45) is 2.33. The molecule has 2 fully saturated rings. The number of carbonyl (C=O) groups is 3. The van der Waals surface area contributed by atoms with Gasteiger partial charge in [0.25, 0.3) is 0 Å². The van der Waals surface area contributed by atoms with E-state index < -0.39 is 12.2 Å². The Morgan fingerprint density at radius 2 is 1.69 bits per heavy atom. The van der Waals surface area contributed by atoms with E-state index >= 15 is 0 Å². The van der Waals surface area contributed by atoms with Crippen molar-refractivity contribution in [2.45, 2.75) is 52.5 Å². The number of likely N-dealkylation sites (N-methyl/N-ethyl adjacent to an activating group) is 1. The summed E-state index contributed by atoms with van der Waals surface area (Å²) in [5, 5.41) is 24.0. The number of H-pyrrole nitrogens is 1. The Labute approximate surface area is 298 Å². The number of aromatic hydroxyl groups is 1. The van der Waals surface area contributed by atoms with E-state index in [1.54, 1.807) is 57.3 Å². The lowest BCUT2D eigenvalue weighted by atomic mass is 9.98. The molecule has 5 N–H and O–H groups in total. The molecule has 2 atom stereocenters. The number of anilines is 1. The monoisotopic (exact) mass is 690 g/mol. The Morgan fingerprint density at radius 1 is 0.961 bits per heavy atom. The second kappa shape index (κ2) is 16.2. The number of nitrogens with zero attached hydrogens (tertiary/aromatic N) is 5. The van der Waals surface area contributed by atoms with Crippen molar-refractivity contribution in [3.05, 3.63) is 126 Å². The molecule has 51 heavy (non-hydrogen) atoms. The van der Waals surface area contributed by atoms with Gasteiger partial charge in [0.05, 0.1) is 24.8 Å². The van der Waals surface area contributed by atoms with Crippen molar-refractivity contribution in [1.82, 2.24) is 35.3 Å². The first-order chi connectivity index (χ1) is 24.2. The van der Waals surface area contributed by atoms with Gasteiger partial charge in [-0.15, -0.1) is 0 Å². The third-order valence-electron chi connectivity index (χ3n) is 9.08. The van der Waals surface area contributed by atoms with Gasteiger partial charge in [0.2, 0.25) is 11.8 Å². The second-order valence-electron chi connectivity index (χ2n) is 12.5. The number of urea groups is 1. The Kier molecular flexibility index (Phi) is 11.6. The van der Waals surface area contributed by atoms with E-state index in [1.807, 2.05) is 66.7 Å². The van der Waals surface area contributed by atoms with Gasteiger partial charge >= 0.3 is 6.03 Å². The van der Waals surface area contributed by atoms with E-state index in [4.69, 9.17) is 5.73 Å². The minimum Gasteiger partial charge on any atom is -0.508 e. The molecule has 7 rings (SSSR count). The summed E-state index contributed by atoms with van der Waals surface area (Å²) in [7, 11) is 1.71. The number of carbonyl (C=O) groups excluding carboxylic acids is 3. The highest BCUT2D eigenvalue weighted by molar-refractivity contribution is 5.92. The molecular formula is C39H46N8O4. The summed E-state index contributed by atoms with van der Waals surface area (Å²) in [5.74, 6) is -0.307. The molecule has 0 spiro atoms. The lowest BCUT2D eigenvalue weighted by Gasteiger charge is -2.54. The quantitative estimate of drug-likeness (QED) is 0.177. The highest BCUT2D eigenvalue weighted by Gasteiger charge is 2.50. The van der Waals surface area contributed by atoms with Crippen LogP contribution >= 0.6 is 0 Å². The molecule has 0 saturated carbocycles. The first-order valence-corrected chi connectivity index (χ1v) is 16.7. The predicted octanol–water partition coefficient (Wildman–Crippen LogP) is 4.92. The van der Waals surface area contributed by atoms with E-state index in [-0.39, 0.29) is 57.1 Å². The van der Waals surface area contributed by atoms with Gasteiger partial charge in [0.1, 0.15) is 18.0 Å². The van der Waals surface area contributed by atoms with E-state index in [0.29, 0.717) is 6.54 Å². The summed E-state index contributed by atoms with van der Waals surface area (Å²) in [4.78, 5) is 44.5. The van der Waals surface area contributed by atoms with Gasteiger partial charge in [0.15, 0.2) is 0 Å². The Hall–Kier alpha value is -5.88. The number of amides is 4. The molecule has 2 saturated heterocycles. The van der Waals surface area contributed by atoms with Gasteiger partial charge in [-0.3, -0.25) is 14.7 Å². The topological polar surface area (TPSA) is 151 Å². The van der Waals surface area contributed by atoms with Gasteiger partial charge in [-0.2, -0.15) is 5.10 Å². The summed E-state index contributed by atoms with van der Waals surface area (Å²) in [5.41, 5.74) is 11.2. The number of aromatic amines is 1. The highest BCUT2D eigenvalue weighted by Crippen LogP contribution is 2.30. The summed E-state index contributed by atoms with van der Waals surface area (Å²) < 4.78 is 0. The van der Waals surface area contributed by atoms with Crippen molar-refractivity contribution >= 4 is 34.4 Å². The van der Waals surface area contributed by atoms with Gasteiger partial charge in [-0.05, 0) is 52.9 Å². The fraction of sp³-hybridized carbons (Fsp3) is 0.282. The Bertz CT molecular complexity index is 1950. The van der Waals surface area contributed by atoms with Crippen LogP contribution in [0.15, 0.2) is 103 Å². The van der Waals surface area contributed by atoms with Crippen LogP contribution in [0, 0.1) is 0 Å². The molecular weight excluding hydrogens is 644 g/mol. The standard InChI is InChI=1S/C30H31N7O4.C8H11N.CH4/c1-34-19-27(39)36-25(14-20-10-12-24(38)13-11-20)29(40)35(17-23-9-5-8-22-16-32-33-28(22)23)18-26(36)37(34)30(41)31-15-21-6-3-2-4-7-21;1-2-7-4-3-5-8(9)6-7;/h2-13,16,25-26,38H,14-15,17-19H2,1H3,(H,31,41)(H,32,33);3-6H,2,9H2,1H3;1H4/t25-,26-;;/m0../s1. The van der Waals surface area contributed by atoms with Gasteiger partial charge in [-0.25, -0.2) is 14.8 Å². The third kappa shape index (κ3) is 8.30. The third-order valence-corrected chi connectivity index (χ3v) is 9.08. The molecule has 0 unspecified atom stereocenters. The number of aromatic nitrogens is 2. The van der Waals surface area contributed by atoms with Gasteiger partial charge in [0, 0.05) is 37.6 Å². The molecule has 4 amide bonds. The predicted molar refractivity (Wildman–Crippen MR) is 198 cm³/mol. The molecule has 3 heterocycles. The van der Waals surface area contributed by atoms with E-state index in [0.717, 1.165) is 39.7 Å². The first kappa shape index (κ1) is 36.4. The Morgan fingerprint density at radius 3 is 2.39 bits per heavy atom. The number of nitrogens with two attached hydrogens (primary N) is 1. The average molecular weight is 691 g/mol. The lowest BCUT2D eigenvalue weighted by molar-refractivity contribution is -0.187.